The molecular weight excluding hydrogens is 184 g/mol. The van der Waals surface area contributed by atoms with Crippen molar-refractivity contribution in [1.29, 1.82) is 0 Å². The largest absolute Gasteiger partial charge is 0.481 e. The molecule has 0 radical (unpaired) electrons. The molecule has 1 aliphatic rings. The highest BCUT2D eigenvalue weighted by Crippen LogP contribution is 2.35. The fraction of sp³-hybridized carbons (Fsp3) is 0.800. The van der Waals surface area contributed by atoms with E-state index in [0.717, 1.165) is 0 Å². The maximum absolute atomic E-state index is 11.4. The lowest BCUT2D eigenvalue weighted by Crippen LogP contribution is -2.43. The average molecular weight is 200 g/mol. The zero-order valence-corrected chi connectivity index (χ0v) is 8.58. The molecule has 1 saturated carbocycles. The van der Waals surface area contributed by atoms with Crippen molar-refractivity contribution in [3.05, 3.63) is 0 Å². The molecule has 0 bridgehead atoms. The summed E-state index contributed by atoms with van der Waals surface area (Å²) >= 11 is 0. The standard InChI is InChI=1S/C10H16O4/c1-7(11)10(14-2)5-3-8(4-6-10)9(12)13/h8H,3-6H2,1-2H3,(H,12,13)/t8-,10+. The highest BCUT2D eigenvalue weighted by molar-refractivity contribution is 5.85. The molecule has 1 N–H and O–H groups in total. The third-order valence-electron chi connectivity index (χ3n) is 3.17. The zero-order chi connectivity index (χ0) is 10.8. The van der Waals surface area contributed by atoms with Gasteiger partial charge in [0, 0.05) is 7.11 Å². The van der Waals surface area contributed by atoms with Gasteiger partial charge in [0.15, 0.2) is 5.78 Å². The Morgan fingerprint density at radius 3 is 2.14 bits per heavy atom. The maximum atomic E-state index is 11.4. The van der Waals surface area contributed by atoms with E-state index in [2.05, 4.69) is 0 Å². The number of ether oxygens (including phenoxy) is 1. The van der Waals surface area contributed by atoms with Gasteiger partial charge < -0.3 is 9.84 Å². The van der Waals surface area contributed by atoms with Crippen LogP contribution in [0.4, 0.5) is 0 Å². The summed E-state index contributed by atoms with van der Waals surface area (Å²) in [5, 5.41) is 8.79. The van der Waals surface area contributed by atoms with Gasteiger partial charge in [0.1, 0.15) is 5.60 Å². The summed E-state index contributed by atoms with van der Waals surface area (Å²) in [7, 11) is 1.52. The Morgan fingerprint density at radius 1 is 1.36 bits per heavy atom. The van der Waals surface area contributed by atoms with Crippen LogP contribution in [-0.4, -0.2) is 29.6 Å². The predicted octanol–water partition coefficient (Wildman–Crippen LogP) is 1.24. The van der Waals surface area contributed by atoms with Crippen molar-refractivity contribution in [2.45, 2.75) is 38.2 Å². The van der Waals surface area contributed by atoms with Crippen molar-refractivity contribution < 1.29 is 19.4 Å². The number of carboxylic acids is 1. The molecule has 0 aromatic heterocycles. The zero-order valence-electron chi connectivity index (χ0n) is 8.58. The first kappa shape index (κ1) is 11.2. The van der Waals surface area contributed by atoms with Crippen LogP contribution < -0.4 is 0 Å². The van der Waals surface area contributed by atoms with E-state index in [4.69, 9.17) is 9.84 Å². The van der Waals surface area contributed by atoms with Crippen LogP contribution in [0.25, 0.3) is 0 Å². The molecule has 0 spiro atoms. The van der Waals surface area contributed by atoms with Crippen molar-refractivity contribution in [1.82, 2.24) is 0 Å². The van der Waals surface area contributed by atoms with Crippen molar-refractivity contribution in [2.75, 3.05) is 7.11 Å². The molecule has 0 unspecified atom stereocenters. The lowest BCUT2D eigenvalue weighted by molar-refractivity contribution is -0.152. The van der Waals surface area contributed by atoms with Gasteiger partial charge in [-0.15, -0.1) is 0 Å². The first-order chi connectivity index (χ1) is 6.52. The number of Topliss-reactive ketones (excluding diaryl/α,β-unsaturated/α-hetero) is 1. The molecule has 0 heterocycles. The molecule has 0 amide bonds. The molecule has 4 nitrogen and oxygen atoms in total. The number of ketones is 1. The fourth-order valence-electron chi connectivity index (χ4n) is 2.03. The molecule has 1 aliphatic carbocycles. The highest BCUT2D eigenvalue weighted by atomic mass is 16.5. The van der Waals surface area contributed by atoms with E-state index < -0.39 is 11.6 Å². The third kappa shape index (κ3) is 1.95. The van der Waals surface area contributed by atoms with E-state index >= 15 is 0 Å². The molecule has 4 heteroatoms. The number of hydrogen-bond donors (Lipinski definition) is 1. The Bertz CT molecular complexity index is 239. The van der Waals surface area contributed by atoms with Gasteiger partial charge in [-0.1, -0.05) is 0 Å². The van der Waals surface area contributed by atoms with E-state index in [0.29, 0.717) is 25.7 Å². The SMILES string of the molecule is CO[C@]1(C(C)=O)CC[C@H](C(=O)O)CC1. The van der Waals surface area contributed by atoms with Gasteiger partial charge in [0.05, 0.1) is 5.92 Å². The Kier molecular flexibility index (Phi) is 3.26. The number of carboxylic acid groups (broad SMARTS) is 1. The van der Waals surface area contributed by atoms with Gasteiger partial charge in [-0.3, -0.25) is 9.59 Å². The number of carbonyl (C=O) groups is 2. The molecular formula is C10H16O4. The van der Waals surface area contributed by atoms with Crippen LogP contribution in [-0.2, 0) is 14.3 Å². The molecule has 80 valence electrons. The minimum Gasteiger partial charge on any atom is -0.481 e. The van der Waals surface area contributed by atoms with Crippen LogP contribution >= 0.6 is 0 Å². The van der Waals surface area contributed by atoms with Gasteiger partial charge in [-0.05, 0) is 32.6 Å². The predicted molar refractivity (Wildman–Crippen MR) is 50.0 cm³/mol. The fourth-order valence-corrected chi connectivity index (χ4v) is 2.03. The van der Waals surface area contributed by atoms with Crippen LogP contribution in [0.1, 0.15) is 32.6 Å². The summed E-state index contributed by atoms with van der Waals surface area (Å²) in [4.78, 5) is 22.1. The summed E-state index contributed by atoms with van der Waals surface area (Å²) in [6, 6.07) is 0. The van der Waals surface area contributed by atoms with E-state index in [1.807, 2.05) is 0 Å². The van der Waals surface area contributed by atoms with Crippen LogP contribution in [0, 0.1) is 5.92 Å². The van der Waals surface area contributed by atoms with Crippen LogP contribution in [0.2, 0.25) is 0 Å². The van der Waals surface area contributed by atoms with Gasteiger partial charge in [0.25, 0.3) is 0 Å². The Morgan fingerprint density at radius 2 is 1.86 bits per heavy atom. The van der Waals surface area contributed by atoms with Crippen molar-refractivity contribution in [2.24, 2.45) is 5.92 Å². The van der Waals surface area contributed by atoms with Gasteiger partial charge in [-0.2, -0.15) is 0 Å². The summed E-state index contributed by atoms with van der Waals surface area (Å²) in [6.07, 6.45) is 2.11. The lowest BCUT2D eigenvalue weighted by Gasteiger charge is -2.35. The van der Waals surface area contributed by atoms with Crippen molar-refractivity contribution in [3.8, 4) is 0 Å². The van der Waals surface area contributed by atoms with E-state index in [1.165, 1.54) is 14.0 Å². The molecule has 0 atom stereocenters. The van der Waals surface area contributed by atoms with Gasteiger partial charge >= 0.3 is 5.97 Å². The summed E-state index contributed by atoms with van der Waals surface area (Å²) in [5.41, 5.74) is -0.716. The number of aliphatic carboxylic acids is 1. The normalized spacial score (nSPS) is 32.6. The Labute approximate surface area is 83.2 Å². The second kappa shape index (κ2) is 4.09. The smallest absolute Gasteiger partial charge is 0.306 e. The third-order valence-corrected chi connectivity index (χ3v) is 3.17. The minimum absolute atomic E-state index is 0.00355. The van der Waals surface area contributed by atoms with Crippen LogP contribution in [0.5, 0.6) is 0 Å². The Balaban J connectivity index is 2.64. The van der Waals surface area contributed by atoms with Gasteiger partial charge in [0.2, 0.25) is 0 Å². The second-order valence-electron chi connectivity index (χ2n) is 3.87. The Hall–Kier alpha value is -0.900. The molecule has 0 saturated heterocycles. The minimum atomic E-state index is -0.766. The molecule has 0 aliphatic heterocycles. The van der Waals surface area contributed by atoms with Crippen molar-refractivity contribution >= 4 is 11.8 Å². The molecule has 14 heavy (non-hydrogen) atoms. The second-order valence-corrected chi connectivity index (χ2v) is 3.87. The van der Waals surface area contributed by atoms with E-state index in [-0.39, 0.29) is 11.7 Å². The topological polar surface area (TPSA) is 63.6 Å². The number of rotatable bonds is 3. The van der Waals surface area contributed by atoms with E-state index in [9.17, 15) is 9.59 Å². The first-order valence-corrected chi connectivity index (χ1v) is 4.81. The summed E-state index contributed by atoms with van der Waals surface area (Å²) in [6.45, 7) is 1.50. The quantitative estimate of drug-likeness (QED) is 0.744. The molecule has 1 fully saturated rings. The lowest BCUT2D eigenvalue weighted by atomic mass is 9.77. The maximum Gasteiger partial charge on any atom is 0.306 e. The number of carbonyl (C=O) groups excluding carboxylic acids is 1. The highest BCUT2D eigenvalue weighted by Gasteiger charge is 2.41. The monoisotopic (exact) mass is 200 g/mol. The summed E-state index contributed by atoms with van der Waals surface area (Å²) < 4.78 is 5.23. The first-order valence-electron chi connectivity index (χ1n) is 4.81. The van der Waals surface area contributed by atoms with Crippen LogP contribution in [0.15, 0.2) is 0 Å². The number of methoxy groups -OCH3 is 1. The molecule has 0 aromatic rings. The average Bonchev–Trinajstić information content (AvgIpc) is 2.17. The summed E-state index contributed by atoms with van der Waals surface area (Å²) in [5.74, 6) is -1.07. The molecule has 1 rings (SSSR count). The van der Waals surface area contributed by atoms with E-state index in [1.54, 1.807) is 0 Å². The number of hydrogen-bond acceptors (Lipinski definition) is 3. The molecule has 0 aromatic carbocycles. The van der Waals surface area contributed by atoms with Gasteiger partial charge in [-0.25, -0.2) is 0 Å². The van der Waals surface area contributed by atoms with Crippen LogP contribution in [0.3, 0.4) is 0 Å². The van der Waals surface area contributed by atoms with Crippen molar-refractivity contribution in [3.63, 3.8) is 0 Å².